The number of aromatic nitrogens is 2. The first kappa shape index (κ1) is 25.8. The van der Waals surface area contributed by atoms with Gasteiger partial charge in [-0.25, -0.2) is 14.2 Å². The van der Waals surface area contributed by atoms with E-state index in [1.807, 2.05) is 48.2 Å². The van der Waals surface area contributed by atoms with Crippen LogP contribution in [0, 0.1) is 5.82 Å². The molecule has 2 amide bonds. The summed E-state index contributed by atoms with van der Waals surface area (Å²) in [5.74, 6) is 1.81. The average molecular weight is 518 g/mol. The molecule has 0 bridgehead atoms. The number of nitrogens with one attached hydrogen (secondary N) is 1. The molecule has 0 atom stereocenters. The van der Waals surface area contributed by atoms with Crippen molar-refractivity contribution in [3.8, 4) is 0 Å². The number of carbonyl (C=O) groups is 1. The van der Waals surface area contributed by atoms with Crippen molar-refractivity contribution in [2.75, 3.05) is 66.8 Å². The van der Waals surface area contributed by atoms with E-state index in [2.05, 4.69) is 41.1 Å². The van der Waals surface area contributed by atoms with Gasteiger partial charge in [-0.2, -0.15) is 4.98 Å². The number of anilines is 4. The van der Waals surface area contributed by atoms with Gasteiger partial charge in [0.15, 0.2) is 0 Å². The summed E-state index contributed by atoms with van der Waals surface area (Å²) in [7, 11) is 3.96. The van der Waals surface area contributed by atoms with Gasteiger partial charge in [0, 0.05) is 70.2 Å². The van der Waals surface area contributed by atoms with Crippen LogP contribution in [-0.2, 0) is 13.0 Å². The zero-order chi connectivity index (χ0) is 26.8. The first-order valence-corrected chi connectivity index (χ1v) is 13.3. The molecule has 1 aromatic heterocycles. The topological polar surface area (TPSA) is 67.8 Å². The summed E-state index contributed by atoms with van der Waals surface area (Å²) in [6.45, 7) is 8.58. The SMILES string of the molecule is CC(C)c1ccc(NC(=O)N2CCc3nc(N4CCN(c5ccc(F)cc5)CC4)nc(N(C)C)c3C2)cc1. The van der Waals surface area contributed by atoms with Crippen LogP contribution in [0.3, 0.4) is 0 Å². The van der Waals surface area contributed by atoms with Crippen molar-refractivity contribution < 1.29 is 9.18 Å². The predicted octanol–water partition coefficient (Wildman–Crippen LogP) is 4.72. The Kier molecular flexibility index (Phi) is 7.35. The number of amides is 2. The largest absolute Gasteiger partial charge is 0.368 e. The average Bonchev–Trinajstić information content (AvgIpc) is 2.93. The van der Waals surface area contributed by atoms with Gasteiger partial charge in [-0.3, -0.25) is 0 Å². The maximum atomic E-state index is 13.3. The summed E-state index contributed by atoms with van der Waals surface area (Å²) in [4.78, 5) is 31.3. The maximum Gasteiger partial charge on any atom is 0.322 e. The zero-order valence-corrected chi connectivity index (χ0v) is 22.6. The second kappa shape index (κ2) is 10.8. The fraction of sp³-hybridized carbons (Fsp3) is 0.414. The van der Waals surface area contributed by atoms with Gasteiger partial charge < -0.3 is 24.9 Å². The van der Waals surface area contributed by atoms with Crippen LogP contribution in [0.15, 0.2) is 48.5 Å². The van der Waals surface area contributed by atoms with Gasteiger partial charge in [0.2, 0.25) is 5.95 Å². The first-order valence-electron chi connectivity index (χ1n) is 13.3. The molecule has 3 aromatic rings. The molecule has 0 radical (unpaired) electrons. The monoisotopic (exact) mass is 517 g/mol. The number of hydrogen-bond acceptors (Lipinski definition) is 6. The molecule has 2 aromatic carbocycles. The Bertz CT molecular complexity index is 1270. The quantitative estimate of drug-likeness (QED) is 0.528. The van der Waals surface area contributed by atoms with E-state index in [1.54, 1.807) is 0 Å². The zero-order valence-electron chi connectivity index (χ0n) is 22.6. The molecule has 8 nitrogen and oxygen atoms in total. The highest BCUT2D eigenvalue weighted by Crippen LogP contribution is 2.29. The molecule has 0 saturated carbocycles. The lowest BCUT2D eigenvalue weighted by atomic mass is 10.0. The van der Waals surface area contributed by atoms with E-state index in [0.29, 0.717) is 25.4 Å². The third kappa shape index (κ3) is 5.51. The van der Waals surface area contributed by atoms with Gasteiger partial charge >= 0.3 is 6.03 Å². The molecule has 5 rings (SSSR count). The number of hydrogen-bond donors (Lipinski definition) is 1. The minimum atomic E-state index is -0.220. The Hall–Kier alpha value is -3.88. The molecule has 2 aliphatic rings. The molecule has 3 heterocycles. The highest BCUT2D eigenvalue weighted by atomic mass is 19.1. The van der Waals surface area contributed by atoms with Crippen molar-refractivity contribution in [3.05, 3.63) is 71.2 Å². The molecule has 200 valence electrons. The molecule has 9 heteroatoms. The summed E-state index contributed by atoms with van der Waals surface area (Å²) in [6, 6.07) is 14.6. The standard InChI is InChI=1S/C29H36FN7O/c1-20(2)21-5-9-23(10-6-21)31-29(38)37-14-13-26-25(19-37)27(34(3)4)33-28(32-26)36-17-15-35(16-18-36)24-11-7-22(30)8-12-24/h5-12,20H,13-19H2,1-4H3,(H,31,38). The number of nitrogens with zero attached hydrogens (tertiary/aromatic N) is 6. The number of urea groups is 1. The highest BCUT2D eigenvalue weighted by molar-refractivity contribution is 5.89. The summed E-state index contributed by atoms with van der Waals surface area (Å²) < 4.78 is 13.3. The molecule has 0 unspecified atom stereocenters. The third-order valence-corrected chi connectivity index (χ3v) is 7.32. The Balaban J connectivity index is 1.27. The third-order valence-electron chi connectivity index (χ3n) is 7.32. The van der Waals surface area contributed by atoms with Crippen molar-refractivity contribution in [1.29, 1.82) is 0 Å². The Morgan fingerprint density at radius 3 is 2.21 bits per heavy atom. The number of carbonyl (C=O) groups excluding carboxylic acids is 1. The van der Waals surface area contributed by atoms with Crippen LogP contribution >= 0.6 is 0 Å². The van der Waals surface area contributed by atoms with Gasteiger partial charge in [0.25, 0.3) is 0 Å². The number of rotatable bonds is 5. The van der Waals surface area contributed by atoms with E-state index in [1.165, 1.54) is 17.7 Å². The van der Waals surface area contributed by atoms with Gasteiger partial charge in [-0.15, -0.1) is 0 Å². The van der Waals surface area contributed by atoms with E-state index in [9.17, 15) is 9.18 Å². The first-order chi connectivity index (χ1) is 18.3. The van der Waals surface area contributed by atoms with Gasteiger partial charge in [-0.05, 0) is 47.9 Å². The molecule has 1 saturated heterocycles. The van der Waals surface area contributed by atoms with E-state index in [0.717, 1.165) is 60.6 Å². The fourth-order valence-electron chi connectivity index (χ4n) is 5.04. The Morgan fingerprint density at radius 2 is 1.58 bits per heavy atom. The minimum Gasteiger partial charge on any atom is -0.368 e. The van der Waals surface area contributed by atoms with Gasteiger partial charge in [0.05, 0.1) is 12.2 Å². The normalized spacial score (nSPS) is 15.5. The number of benzene rings is 2. The molecule has 1 fully saturated rings. The molecule has 1 N–H and O–H groups in total. The van der Waals surface area contributed by atoms with Crippen LogP contribution in [0.4, 0.5) is 32.3 Å². The van der Waals surface area contributed by atoms with Crippen LogP contribution in [0.1, 0.15) is 36.6 Å². The van der Waals surface area contributed by atoms with Crippen LogP contribution < -0.4 is 20.0 Å². The van der Waals surface area contributed by atoms with E-state index >= 15 is 0 Å². The molecule has 2 aliphatic heterocycles. The lowest BCUT2D eigenvalue weighted by Crippen LogP contribution is -2.47. The number of halogens is 1. The van der Waals surface area contributed by atoms with Crippen molar-refractivity contribution in [3.63, 3.8) is 0 Å². The van der Waals surface area contributed by atoms with Crippen LogP contribution in [0.5, 0.6) is 0 Å². The fourth-order valence-corrected chi connectivity index (χ4v) is 5.04. The van der Waals surface area contributed by atoms with Crippen molar-refractivity contribution >= 4 is 29.2 Å². The second-order valence-corrected chi connectivity index (χ2v) is 10.5. The lowest BCUT2D eigenvalue weighted by molar-refractivity contribution is 0.206. The minimum absolute atomic E-state index is 0.112. The molecule has 0 spiro atoms. The van der Waals surface area contributed by atoms with Gasteiger partial charge in [-0.1, -0.05) is 26.0 Å². The number of piperazine rings is 1. The second-order valence-electron chi connectivity index (χ2n) is 10.5. The molecular formula is C29H36FN7O. The Morgan fingerprint density at radius 1 is 0.921 bits per heavy atom. The van der Waals surface area contributed by atoms with E-state index in [4.69, 9.17) is 9.97 Å². The predicted molar refractivity (Wildman–Crippen MR) is 151 cm³/mol. The smallest absolute Gasteiger partial charge is 0.322 e. The summed E-state index contributed by atoms with van der Waals surface area (Å²) in [5.41, 5.74) is 5.07. The van der Waals surface area contributed by atoms with Crippen molar-refractivity contribution in [2.45, 2.75) is 32.7 Å². The van der Waals surface area contributed by atoms with Crippen LogP contribution in [0.2, 0.25) is 0 Å². The molecular weight excluding hydrogens is 481 g/mol. The Labute approximate surface area is 224 Å². The van der Waals surface area contributed by atoms with Crippen LogP contribution in [0.25, 0.3) is 0 Å². The molecule has 38 heavy (non-hydrogen) atoms. The lowest BCUT2D eigenvalue weighted by Gasteiger charge is -2.37. The van der Waals surface area contributed by atoms with Crippen LogP contribution in [-0.4, -0.2) is 67.7 Å². The molecule has 0 aliphatic carbocycles. The highest BCUT2D eigenvalue weighted by Gasteiger charge is 2.28. The van der Waals surface area contributed by atoms with E-state index in [-0.39, 0.29) is 11.8 Å². The maximum absolute atomic E-state index is 13.3. The summed E-state index contributed by atoms with van der Waals surface area (Å²) in [6.07, 6.45) is 0.681. The van der Waals surface area contributed by atoms with Gasteiger partial charge in [0.1, 0.15) is 11.6 Å². The number of fused-ring (bicyclic) bond motifs is 1. The van der Waals surface area contributed by atoms with E-state index < -0.39 is 0 Å². The van der Waals surface area contributed by atoms with Crippen molar-refractivity contribution in [2.24, 2.45) is 0 Å². The summed E-state index contributed by atoms with van der Waals surface area (Å²) >= 11 is 0. The van der Waals surface area contributed by atoms with Crippen molar-refractivity contribution in [1.82, 2.24) is 14.9 Å². The summed E-state index contributed by atoms with van der Waals surface area (Å²) in [5, 5.41) is 3.04.